The summed E-state index contributed by atoms with van der Waals surface area (Å²) in [6.45, 7) is -0.00344. The van der Waals surface area contributed by atoms with Gasteiger partial charge in [-0.2, -0.15) is 5.21 Å². The van der Waals surface area contributed by atoms with Crippen molar-refractivity contribution in [3.63, 3.8) is 0 Å². The van der Waals surface area contributed by atoms with Gasteiger partial charge in [0, 0.05) is 5.69 Å². The molecule has 0 bridgehead atoms. The van der Waals surface area contributed by atoms with Crippen LogP contribution in [0.4, 0.5) is 11.4 Å². The first-order chi connectivity index (χ1) is 9.70. The van der Waals surface area contributed by atoms with Crippen LogP contribution in [-0.2, 0) is 16.0 Å². The van der Waals surface area contributed by atoms with Crippen molar-refractivity contribution in [3.05, 3.63) is 24.0 Å². The molecule has 9 heteroatoms. The molecule has 3 N–H and O–H groups in total. The van der Waals surface area contributed by atoms with Crippen molar-refractivity contribution in [1.29, 1.82) is 0 Å². The van der Waals surface area contributed by atoms with E-state index in [4.69, 9.17) is 4.74 Å². The van der Waals surface area contributed by atoms with Crippen LogP contribution in [0.25, 0.3) is 0 Å². The third kappa shape index (κ3) is 2.55. The molecule has 0 fully saturated rings. The molecule has 0 atom stereocenters. The largest absolute Gasteiger partial charge is 0.482 e. The number of tetrazole rings is 1. The maximum atomic E-state index is 11.8. The van der Waals surface area contributed by atoms with Gasteiger partial charge in [-0.25, -0.2) is 0 Å². The Kier molecular flexibility index (Phi) is 2.99. The Morgan fingerprint density at radius 2 is 2.35 bits per heavy atom. The predicted octanol–water partition coefficient (Wildman–Crippen LogP) is -0.288. The number of H-pyrrole nitrogens is 1. The first kappa shape index (κ1) is 12.1. The minimum absolute atomic E-state index is 0.00344. The van der Waals surface area contributed by atoms with Crippen LogP contribution < -0.4 is 15.4 Å². The summed E-state index contributed by atoms with van der Waals surface area (Å²) in [6, 6.07) is 4.99. The number of carbonyl (C=O) groups is 2. The molecule has 1 aromatic carbocycles. The van der Waals surface area contributed by atoms with Gasteiger partial charge in [-0.15, -0.1) is 10.2 Å². The lowest BCUT2D eigenvalue weighted by atomic mass is 10.2. The van der Waals surface area contributed by atoms with Gasteiger partial charge in [0.2, 0.25) is 5.91 Å². The van der Waals surface area contributed by atoms with Crippen LogP contribution in [0.2, 0.25) is 0 Å². The minimum Gasteiger partial charge on any atom is -0.482 e. The molecule has 0 spiro atoms. The number of fused-ring (bicyclic) bond motifs is 1. The second kappa shape index (κ2) is 4.96. The number of aromatic nitrogens is 4. The normalized spacial score (nSPS) is 13.1. The number of anilines is 2. The zero-order valence-corrected chi connectivity index (χ0v) is 10.2. The molecule has 0 saturated heterocycles. The van der Waals surface area contributed by atoms with Crippen molar-refractivity contribution in [1.82, 2.24) is 20.6 Å². The van der Waals surface area contributed by atoms with Gasteiger partial charge in [0.25, 0.3) is 5.91 Å². The van der Waals surface area contributed by atoms with E-state index in [0.717, 1.165) is 0 Å². The number of rotatable bonds is 3. The summed E-state index contributed by atoms with van der Waals surface area (Å²) in [5, 5.41) is 18.4. The van der Waals surface area contributed by atoms with Crippen LogP contribution in [0.1, 0.15) is 5.82 Å². The summed E-state index contributed by atoms with van der Waals surface area (Å²) in [5.41, 5.74) is 1.07. The van der Waals surface area contributed by atoms with E-state index in [0.29, 0.717) is 22.9 Å². The van der Waals surface area contributed by atoms with Crippen molar-refractivity contribution >= 4 is 23.2 Å². The van der Waals surface area contributed by atoms with Gasteiger partial charge in [-0.1, -0.05) is 5.21 Å². The van der Waals surface area contributed by atoms with E-state index in [2.05, 4.69) is 31.3 Å². The van der Waals surface area contributed by atoms with Crippen molar-refractivity contribution < 1.29 is 14.3 Å². The average molecular weight is 274 g/mol. The quantitative estimate of drug-likeness (QED) is 0.707. The van der Waals surface area contributed by atoms with Gasteiger partial charge in [0.1, 0.15) is 5.75 Å². The Balaban J connectivity index is 1.70. The fraction of sp³-hybridized carbons (Fsp3) is 0.182. The zero-order valence-electron chi connectivity index (χ0n) is 10.2. The second-order valence-electron chi connectivity index (χ2n) is 4.10. The molecule has 3 rings (SSSR count). The van der Waals surface area contributed by atoms with E-state index in [9.17, 15) is 9.59 Å². The van der Waals surface area contributed by atoms with Crippen LogP contribution in [-0.4, -0.2) is 39.0 Å². The van der Waals surface area contributed by atoms with Crippen LogP contribution in [0.3, 0.4) is 0 Å². The van der Waals surface area contributed by atoms with Gasteiger partial charge < -0.3 is 15.4 Å². The maximum Gasteiger partial charge on any atom is 0.262 e. The molecule has 0 saturated carbocycles. The van der Waals surface area contributed by atoms with E-state index in [1.807, 2.05) is 0 Å². The number of hydrogen-bond donors (Lipinski definition) is 3. The standard InChI is InChI=1S/C11H10N6O3/c18-10(4-9-14-16-17-15-9)12-6-1-2-8-7(3-6)13-11(19)5-20-8/h1-3H,4-5H2,(H,12,18)(H,13,19)(H,14,15,16,17). The molecule has 0 aliphatic carbocycles. The van der Waals surface area contributed by atoms with Crippen molar-refractivity contribution in [2.45, 2.75) is 6.42 Å². The number of nitrogens with zero attached hydrogens (tertiary/aromatic N) is 3. The molecule has 1 aliphatic rings. The number of nitrogens with one attached hydrogen (secondary N) is 3. The number of aromatic amines is 1. The SMILES string of the molecule is O=C(Cc1nn[nH]n1)Nc1ccc2c(c1)NC(=O)CO2. The fourth-order valence-electron chi connectivity index (χ4n) is 1.77. The molecule has 2 aromatic rings. The lowest BCUT2D eigenvalue weighted by molar-refractivity contribution is -0.118. The molecule has 0 unspecified atom stereocenters. The summed E-state index contributed by atoms with van der Waals surface area (Å²) < 4.78 is 5.22. The molecule has 102 valence electrons. The number of amides is 2. The molecule has 20 heavy (non-hydrogen) atoms. The molecular formula is C11H10N6O3. The smallest absolute Gasteiger partial charge is 0.262 e. The van der Waals surface area contributed by atoms with Crippen molar-refractivity contribution in [3.8, 4) is 5.75 Å². The molecule has 1 aromatic heterocycles. The number of ether oxygens (including phenoxy) is 1. The van der Waals surface area contributed by atoms with Crippen LogP contribution in [0.5, 0.6) is 5.75 Å². The number of hydrogen-bond acceptors (Lipinski definition) is 6. The van der Waals surface area contributed by atoms with Crippen molar-refractivity contribution in [2.24, 2.45) is 0 Å². The summed E-state index contributed by atoms with van der Waals surface area (Å²) >= 11 is 0. The second-order valence-corrected chi connectivity index (χ2v) is 4.10. The fourth-order valence-corrected chi connectivity index (χ4v) is 1.77. The van der Waals surface area contributed by atoms with Gasteiger partial charge >= 0.3 is 0 Å². The average Bonchev–Trinajstić information content (AvgIpc) is 2.91. The first-order valence-corrected chi connectivity index (χ1v) is 5.79. The molecule has 2 amide bonds. The predicted molar refractivity (Wildman–Crippen MR) is 67.1 cm³/mol. The van der Waals surface area contributed by atoms with Gasteiger partial charge in [-0.05, 0) is 18.2 Å². The lowest BCUT2D eigenvalue weighted by Crippen LogP contribution is -2.25. The molecule has 1 aliphatic heterocycles. The van der Waals surface area contributed by atoms with E-state index < -0.39 is 0 Å². The molecule has 9 nitrogen and oxygen atoms in total. The lowest BCUT2D eigenvalue weighted by Gasteiger charge is -2.18. The summed E-state index contributed by atoms with van der Waals surface area (Å²) in [7, 11) is 0. The topological polar surface area (TPSA) is 122 Å². The third-order valence-corrected chi connectivity index (χ3v) is 2.60. The van der Waals surface area contributed by atoms with Gasteiger partial charge in [0.05, 0.1) is 12.1 Å². The molecular weight excluding hydrogens is 264 g/mol. The molecule has 0 radical (unpaired) electrons. The van der Waals surface area contributed by atoms with Crippen LogP contribution in [0.15, 0.2) is 18.2 Å². The number of benzene rings is 1. The van der Waals surface area contributed by atoms with Crippen molar-refractivity contribution in [2.75, 3.05) is 17.2 Å². The van der Waals surface area contributed by atoms with E-state index in [1.54, 1.807) is 18.2 Å². The first-order valence-electron chi connectivity index (χ1n) is 5.79. The molecule has 2 heterocycles. The maximum absolute atomic E-state index is 11.8. The highest BCUT2D eigenvalue weighted by atomic mass is 16.5. The zero-order chi connectivity index (χ0) is 13.9. The van der Waals surface area contributed by atoms with E-state index in [-0.39, 0.29) is 24.8 Å². The van der Waals surface area contributed by atoms with Gasteiger partial charge in [-0.3, -0.25) is 9.59 Å². The highest BCUT2D eigenvalue weighted by Crippen LogP contribution is 2.30. The highest BCUT2D eigenvalue weighted by molar-refractivity contribution is 5.97. The summed E-state index contributed by atoms with van der Waals surface area (Å²) in [6.07, 6.45) is 0.0104. The highest BCUT2D eigenvalue weighted by Gasteiger charge is 2.16. The monoisotopic (exact) mass is 274 g/mol. The third-order valence-electron chi connectivity index (χ3n) is 2.60. The van der Waals surface area contributed by atoms with Gasteiger partial charge in [0.15, 0.2) is 12.4 Å². The van der Waals surface area contributed by atoms with E-state index in [1.165, 1.54) is 0 Å². The summed E-state index contributed by atoms with van der Waals surface area (Å²) in [5.74, 6) is 0.361. The van der Waals surface area contributed by atoms with Crippen LogP contribution in [0, 0.1) is 0 Å². The van der Waals surface area contributed by atoms with E-state index >= 15 is 0 Å². The Labute approximate surface area is 112 Å². The van der Waals surface area contributed by atoms with Crippen LogP contribution >= 0.6 is 0 Å². The Bertz CT molecular complexity index is 654. The number of carbonyl (C=O) groups excluding carboxylic acids is 2. The summed E-state index contributed by atoms with van der Waals surface area (Å²) in [4.78, 5) is 23.0. The minimum atomic E-state index is -0.283. The Morgan fingerprint density at radius 1 is 1.45 bits per heavy atom. The Hall–Kier alpha value is -2.97. The Morgan fingerprint density at radius 3 is 3.15 bits per heavy atom.